The number of fused-ring (bicyclic) bond motifs is 1. The van der Waals surface area contributed by atoms with Crippen molar-refractivity contribution in [2.75, 3.05) is 11.9 Å². The zero-order valence-electron chi connectivity index (χ0n) is 19.8. The average Bonchev–Trinajstić information content (AvgIpc) is 2.85. The highest BCUT2D eigenvalue weighted by Crippen LogP contribution is 2.40. The molecule has 0 aromatic heterocycles. The van der Waals surface area contributed by atoms with E-state index in [2.05, 4.69) is 15.5 Å². The number of aromatic hydroxyl groups is 1. The lowest BCUT2D eigenvalue weighted by Gasteiger charge is -2.13. The van der Waals surface area contributed by atoms with Gasteiger partial charge >= 0.3 is 0 Å². The van der Waals surface area contributed by atoms with Gasteiger partial charge in [-0.15, -0.1) is 5.11 Å². The Balaban J connectivity index is 1.80. The van der Waals surface area contributed by atoms with Crippen LogP contribution in [0.4, 0.5) is 17.1 Å². The second kappa shape index (κ2) is 10.6. The summed E-state index contributed by atoms with van der Waals surface area (Å²) in [5, 5.41) is 23.1. The molecule has 0 aliphatic heterocycles. The molecule has 0 radical (unpaired) electrons. The quantitative estimate of drug-likeness (QED) is 0.174. The van der Waals surface area contributed by atoms with Crippen molar-refractivity contribution in [3.8, 4) is 11.5 Å². The molecule has 190 valence electrons. The van der Waals surface area contributed by atoms with Crippen LogP contribution in [0.15, 0.2) is 81.9 Å². The maximum atomic E-state index is 13.2. The van der Waals surface area contributed by atoms with Crippen molar-refractivity contribution in [3.63, 3.8) is 0 Å². The van der Waals surface area contributed by atoms with Crippen molar-refractivity contribution in [1.82, 2.24) is 0 Å². The van der Waals surface area contributed by atoms with Gasteiger partial charge in [-0.3, -0.25) is 9.35 Å². The van der Waals surface area contributed by atoms with E-state index in [4.69, 9.17) is 16.3 Å². The van der Waals surface area contributed by atoms with E-state index in [0.717, 1.165) is 6.07 Å². The predicted molar refractivity (Wildman–Crippen MR) is 141 cm³/mol. The molecule has 0 aliphatic rings. The third kappa shape index (κ3) is 5.56. The van der Waals surface area contributed by atoms with Crippen LogP contribution in [0.2, 0.25) is 5.02 Å². The van der Waals surface area contributed by atoms with Gasteiger partial charge in [-0.25, -0.2) is 0 Å². The van der Waals surface area contributed by atoms with Gasteiger partial charge in [-0.1, -0.05) is 48.0 Å². The average molecular weight is 540 g/mol. The van der Waals surface area contributed by atoms with Gasteiger partial charge in [0.2, 0.25) is 0 Å². The highest BCUT2D eigenvalue weighted by molar-refractivity contribution is 7.85. The van der Waals surface area contributed by atoms with E-state index < -0.39 is 26.7 Å². The second-order valence-electron chi connectivity index (χ2n) is 7.95. The number of para-hydroxylation sites is 2. The number of hydrogen-bond donors (Lipinski definition) is 3. The lowest BCUT2D eigenvalue weighted by molar-refractivity contribution is 0.102. The minimum Gasteiger partial charge on any atom is -0.505 e. The largest absolute Gasteiger partial charge is 0.505 e. The molecule has 4 rings (SSSR count). The number of hydrogen-bond acceptors (Lipinski definition) is 7. The second-order valence-corrected chi connectivity index (χ2v) is 9.75. The molecule has 37 heavy (non-hydrogen) atoms. The van der Waals surface area contributed by atoms with Gasteiger partial charge < -0.3 is 15.2 Å². The first-order valence-corrected chi connectivity index (χ1v) is 12.9. The molecule has 1 amide bonds. The Morgan fingerprint density at radius 2 is 1.76 bits per heavy atom. The maximum absolute atomic E-state index is 13.2. The first-order chi connectivity index (χ1) is 17.6. The molecule has 11 heteroatoms. The Kier molecular flexibility index (Phi) is 7.44. The number of anilines is 1. The fourth-order valence-corrected chi connectivity index (χ4v) is 4.74. The normalized spacial score (nSPS) is 11.7. The van der Waals surface area contributed by atoms with E-state index in [1.54, 1.807) is 48.5 Å². The highest BCUT2D eigenvalue weighted by Gasteiger charge is 2.20. The zero-order chi connectivity index (χ0) is 26.7. The summed E-state index contributed by atoms with van der Waals surface area (Å²) in [6.07, 6.45) is 0. The summed E-state index contributed by atoms with van der Waals surface area (Å²) >= 11 is 6.12. The van der Waals surface area contributed by atoms with Crippen LogP contribution in [0.1, 0.15) is 22.8 Å². The summed E-state index contributed by atoms with van der Waals surface area (Å²) in [5.74, 6) is -0.551. The topological polar surface area (TPSA) is 138 Å². The van der Waals surface area contributed by atoms with Gasteiger partial charge in [0.1, 0.15) is 16.3 Å². The molecular formula is C26H22ClN3O6S. The number of phenolic OH excluding ortho intramolecular Hbond substituents is 1. The van der Waals surface area contributed by atoms with Gasteiger partial charge in [-0.2, -0.15) is 13.5 Å². The lowest BCUT2D eigenvalue weighted by Crippen LogP contribution is -2.13. The van der Waals surface area contributed by atoms with E-state index in [-0.39, 0.29) is 27.5 Å². The Morgan fingerprint density at radius 3 is 2.49 bits per heavy atom. The molecule has 0 unspecified atom stereocenters. The van der Waals surface area contributed by atoms with Gasteiger partial charge in [0.25, 0.3) is 16.0 Å². The Hall–Kier alpha value is -3.99. The molecule has 4 aromatic rings. The number of carbonyl (C=O) groups is 1. The van der Waals surface area contributed by atoms with Crippen molar-refractivity contribution < 1.29 is 27.6 Å². The molecule has 0 atom stereocenters. The molecule has 3 N–H and O–H groups in total. The summed E-state index contributed by atoms with van der Waals surface area (Å²) in [6, 6.07) is 17.9. The van der Waals surface area contributed by atoms with Crippen LogP contribution in [0.5, 0.6) is 11.5 Å². The number of azo groups is 1. The van der Waals surface area contributed by atoms with Crippen LogP contribution < -0.4 is 10.1 Å². The number of nitrogens with one attached hydrogen (secondary N) is 1. The third-order valence-corrected chi connectivity index (χ3v) is 6.87. The van der Waals surface area contributed by atoms with Crippen LogP contribution in [0.25, 0.3) is 10.8 Å². The molecule has 0 aliphatic carbocycles. The smallest absolute Gasteiger partial charge is 0.294 e. The van der Waals surface area contributed by atoms with Gasteiger partial charge in [-0.05, 0) is 55.1 Å². The highest BCUT2D eigenvalue weighted by atomic mass is 35.5. The minimum atomic E-state index is -4.56. The summed E-state index contributed by atoms with van der Waals surface area (Å²) < 4.78 is 38.5. The van der Waals surface area contributed by atoms with Gasteiger partial charge in [0, 0.05) is 10.4 Å². The Bertz CT molecular complexity index is 1650. The molecule has 0 heterocycles. The van der Waals surface area contributed by atoms with E-state index in [1.165, 1.54) is 19.1 Å². The van der Waals surface area contributed by atoms with E-state index >= 15 is 0 Å². The fourth-order valence-electron chi connectivity index (χ4n) is 3.71. The van der Waals surface area contributed by atoms with Crippen molar-refractivity contribution in [2.24, 2.45) is 10.2 Å². The van der Waals surface area contributed by atoms with E-state index in [1.807, 2.05) is 6.92 Å². The summed E-state index contributed by atoms with van der Waals surface area (Å²) in [7, 11) is -4.56. The van der Waals surface area contributed by atoms with Gasteiger partial charge in [0.05, 0.1) is 23.5 Å². The van der Waals surface area contributed by atoms with Crippen LogP contribution in [0.3, 0.4) is 0 Å². The van der Waals surface area contributed by atoms with Crippen LogP contribution in [0, 0.1) is 6.92 Å². The number of carbonyl (C=O) groups excluding carboxylic acids is 1. The zero-order valence-corrected chi connectivity index (χ0v) is 21.3. The Morgan fingerprint density at radius 1 is 1.05 bits per heavy atom. The molecule has 9 nitrogen and oxygen atoms in total. The molecule has 0 bridgehead atoms. The van der Waals surface area contributed by atoms with E-state index in [0.29, 0.717) is 28.8 Å². The number of amides is 1. The summed E-state index contributed by atoms with van der Waals surface area (Å²) in [5.41, 5.74) is 0.540. The van der Waals surface area contributed by atoms with Crippen LogP contribution >= 0.6 is 11.6 Å². The monoisotopic (exact) mass is 539 g/mol. The number of rotatable bonds is 7. The molecule has 0 saturated carbocycles. The van der Waals surface area contributed by atoms with Crippen molar-refractivity contribution >= 4 is 55.5 Å². The predicted octanol–water partition coefficient (Wildman–Crippen LogP) is 6.82. The molecule has 0 saturated heterocycles. The molecule has 0 spiro atoms. The molecular weight excluding hydrogens is 518 g/mol. The van der Waals surface area contributed by atoms with Crippen LogP contribution in [-0.4, -0.2) is 30.6 Å². The third-order valence-electron chi connectivity index (χ3n) is 5.50. The summed E-state index contributed by atoms with van der Waals surface area (Å²) in [6.45, 7) is 3.67. The summed E-state index contributed by atoms with van der Waals surface area (Å²) in [4.78, 5) is 12.8. The fraction of sp³-hybridized carbons (Fsp3) is 0.115. The van der Waals surface area contributed by atoms with Crippen molar-refractivity contribution in [1.29, 1.82) is 0 Å². The number of halogens is 1. The van der Waals surface area contributed by atoms with Crippen molar-refractivity contribution in [3.05, 3.63) is 82.9 Å². The van der Waals surface area contributed by atoms with Crippen molar-refractivity contribution in [2.45, 2.75) is 18.7 Å². The number of benzene rings is 4. The Labute approximate surface area is 218 Å². The SMILES string of the molecule is CCOc1ccccc1NC(=O)c1cc2ccccc2c(N=Nc2cc(Cl)c(C)c(S(=O)(=O)O)c2)c1O. The lowest BCUT2D eigenvalue weighted by atomic mass is 10.0. The maximum Gasteiger partial charge on any atom is 0.294 e. The number of nitrogens with zero attached hydrogens (tertiary/aromatic N) is 2. The number of ether oxygens (including phenoxy) is 1. The first-order valence-electron chi connectivity index (χ1n) is 11.1. The molecule has 4 aromatic carbocycles. The minimum absolute atomic E-state index is 0.00792. The van der Waals surface area contributed by atoms with Crippen LogP contribution in [-0.2, 0) is 10.1 Å². The first kappa shape index (κ1) is 26.1. The standard InChI is InChI=1S/C26H22ClN3O6S/c1-3-36-22-11-7-6-10-21(22)28-26(32)19-12-16-8-4-5-9-18(16)24(25(19)31)30-29-17-13-20(27)15(2)23(14-17)37(33,34)35/h4-14,31H,3H2,1-2H3,(H,28,32)(H,33,34,35). The number of phenols is 1. The van der Waals surface area contributed by atoms with Gasteiger partial charge in [0.15, 0.2) is 5.75 Å². The molecule has 0 fully saturated rings. The van der Waals surface area contributed by atoms with E-state index in [9.17, 15) is 22.9 Å².